The molecule has 1 heterocycles. The van der Waals surface area contributed by atoms with Gasteiger partial charge in [-0.05, 0) is 27.7 Å². The molecule has 1 rings (SSSR count). The highest BCUT2D eigenvalue weighted by Gasteiger charge is 2.42. The summed E-state index contributed by atoms with van der Waals surface area (Å²) >= 11 is 0. The van der Waals surface area contributed by atoms with Crippen LogP contribution in [0.25, 0.3) is 0 Å². The molecule has 1 atom stereocenters. The van der Waals surface area contributed by atoms with Crippen molar-refractivity contribution in [2.75, 3.05) is 6.61 Å². The third-order valence-corrected chi connectivity index (χ3v) is 2.43. The number of aldehydes is 1. The molecule has 1 fully saturated rings. The van der Waals surface area contributed by atoms with Gasteiger partial charge in [0.2, 0.25) is 0 Å². The normalized spacial score (nSPS) is 31.8. The van der Waals surface area contributed by atoms with E-state index in [1.807, 2.05) is 27.7 Å². The molecule has 0 aliphatic carbocycles. The quantitative estimate of drug-likeness (QED) is 0.653. The van der Waals surface area contributed by atoms with E-state index in [1.54, 1.807) is 0 Å². The van der Waals surface area contributed by atoms with Gasteiger partial charge < -0.3 is 14.3 Å². The summed E-state index contributed by atoms with van der Waals surface area (Å²) in [6.45, 7) is 8.49. The van der Waals surface area contributed by atoms with Gasteiger partial charge in [-0.3, -0.25) is 0 Å². The third-order valence-electron chi connectivity index (χ3n) is 2.43. The summed E-state index contributed by atoms with van der Waals surface area (Å²) < 4.78 is 11.3. The molecule has 14 heavy (non-hydrogen) atoms. The summed E-state index contributed by atoms with van der Waals surface area (Å²) in [5, 5.41) is 0. The van der Waals surface area contributed by atoms with Crippen molar-refractivity contribution in [3.05, 3.63) is 0 Å². The minimum Gasteiger partial charge on any atom is -0.375 e. The summed E-state index contributed by atoms with van der Waals surface area (Å²) in [7, 11) is 0. The van der Waals surface area contributed by atoms with Crippen molar-refractivity contribution in [1.29, 1.82) is 0 Å². The van der Waals surface area contributed by atoms with Crippen LogP contribution in [0, 0.1) is 0 Å². The lowest BCUT2D eigenvalue weighted by molar-refractivity contribution is -0.182. The fourth-order valence-corrected chi connectivity index (χ4v) is 2.06. The SMILES string of the molecule is CC(C)OC1(C=O)CCOC(C)(C)C1. The van der Waals surface area contributed by atoms with Gasteiger partial charge in [0.1, 0.15) is 5.60 Å². The molecule has 0 aromatic rings. The first kappa shape index (κ1) is 11.7. The molecule has 1 unspecified atom stereocenters. The Labute approximate surface area is 85.8 Å². The molecule has 3 heteroatoms. The Morgan fingerprint density at radius 1 is 1.43 bits per heavy atom. The Morgan fingerprint density at radius 3 is 2.50 bits per heavy atom. The zero-order chi connectivity index (χ0) is 10.8. The molecule has 82 valence electrons. The van der Waals surface area contributed by atoms with E-state index >= 15 is 0 Å². The smallest absolute Gasteiger partial charge is 0.152 e. The molecular weight excluding hydrogens is 180 g/mol. The van der Waals surface area contributed by atoms with Crippen molar-refractivity contribution in [3.63, 3.8) is 0 Å². The zero-order valence-corrected chi connectivity index (χ0v) is 9.50. The third kappa shape index (κ3) is 2.79. The van der Waals surface area contributed by atoms with E-state index < -0.39 is 5.60 Å². The summed E-state index contributed by atoms with van der Waals surface area (Å²) in [6, 6.07) is 0. The standard InChI is InChI=1S/C11H20O3/c1-9(2)14-11(8-12)5-6-13-10(3,4)7-11/h8-9H,5-7H2,1-4H3. The molecule has 0 aromatic heterocycles. The minimum absolute atomic E-state index is 0.0779. The molecule has 3 nitrogen and oxygen atoms in total. The van der Waals surface area contributed by atoms with E-state index in [-0.39, 0.29) is 11.7 Å². The molecule has 1 aliphatic heterocycles. The molecule has 0 amide bonds. The minimum atomic E-state index is -0.629. The van der Waals surface area contributed by atoms with Crippen molar-refractivity contribution >= 4 is 6.29 Å². The molecule has 0 aromatic carbocycles. The predicted molar refractivity (Wildman–Crippen MR) is 54.3 cm³/mol. The maximum Gasteiger partial charge on any atom is 0.152 e. The average molecular weight is 200 g/mol. The highest BCUT2D eigenvalue weighted by molar-refractivity contribution is 5.63. The lowest BCUT2D eigenvalue weighted by Crippen LogP contribution is -2.49. The van der Waals surface area contributed by atoms with Crippen LogP contribution in [-0.4, -0.2) is 30.2 Å². The van der Waals surface area contributed by atoms with Gasteiger partial charge in [0, 0.05) is 12.8 Å². The van der Waals surface area contributed by atoms with Crippen LogP contribution in [-0.2, 0) is 14.3 Å². The van der Waals surface area contributed by atoms with Gasteiger partial charge in [-0.1, -0.05) is 0 Å². The average Bonchev–Trinajstić information content (AvgIpc) is 2.01. The van der Waals surface area contributed by atoms with E-state index in [2.05, 4.69) is 0 Å². The molecule has 0 saturated carbocycles. The molecule has 0 spiro atoms. The molecular formula is C11H20O3. The van der Waals surface area contributed by atoms with Gasteiger partial charge in [-0.25, -0.2) is 0 Å². The number of ether oxygens (including phenoxy) is 2. The number of hydrogen-bond donors (Lipinski definition) is 0. The highest BCUT2D eigenvalue weighted by atomic mass is 16.5. The first-order chi connectivity index (χ1) is 6.39. The van der Waals surface area contributed by atoms with Crippen molar-refractivity contribution in [2.24, 2.45) is 0 Å². The van der Waals surface area contributed by atoms with E-state index in [4.69, 9.17) is 9.47 Å². The van der Waals surface area contributed by atoms with Crippen LogP contribution in [0.1, 0.15) is 40.5 Å². The van der Waals surface area contributed by atoms with Crippen LogP contribution < -0.4 is 0 Å². The number of hydrogen-bond acceptors (Lipinski definition) is 3. The first-order valence-electron chi connectivity index (χ1n) is 5.17. The van der Waals surface area contributed by atoms with Gasteiger partial charge in [0.15, 0.2) is 6.29 Å². The Balaban J connectivity index is 2.73. The number of rotatable bonds is 3. The molecule has 0 bridgehead atoms. The van der Waals surface area contributed by atoms with Crippen molar-refractivity contribution in [2.45, 2.75) is 57.8 Å². The second-order valence-corrected chi connectivity index (χ2v) is 4.88. The second-order valence-electron chi connectivity index (χ2n) is 4.88. The molecule has 0 radical (unpaired) electrons. The van der Waals surface area contributed by atoms with E-state index in [1.165, 1.54) is 0 Å². The lowest BCUT2D eigenvalue weighted by atomic mass is 9.85. The summed E-state index contributed by atoms with van der Waals surface area (Å²) in [5.41, 5.74) is -0.885. The Bertz CT molecular complexity index is 211. The van der Waals surface area contributed by atoms with Gasteiger partial charge in [0.25, 0.3) is 0 Å². The fraction of sp³-hybridized carbons (Fsp3) is 0.909. The highest BCUT2D eigenvalue weighted by Crippen LogP contribution is 2.34. The first-order valence-corrected chi connectivity index (χ1v) is 5.17. The Morgan fingerprint density at radius 2 is 2.07 bits per heavy atom. The van der Waals surface area contributed by atoms with Gasteiger partial charge in [-0.15, -0.1) is 0 Å². The van der Waals surface area contributed by atoms with Crippen LogP contribution in [0.3, 0.4) is 0 Å². The van der Waals surface area contributed by atoms with E-state index in [0.717, 1.165) is 6.29 Å². The molecule has 1 aliphatic rings. The topological polar surface area (TPSA) is 35.5 Å². The van der Waals surface area contributed by atoms with Gasteiger partial charge >= 0.3 is 0 Å². The van der Waals surface area contributed by atoms with E-state index in [9.17, 15) is 4.79 Å². The number of carbonyl (C=O) groups is 1. The number of carbonyl (C=O) groups excluding carboxylic acids is 1. The summed E-state index contributed by atoms with van der Waals surface area (Å²) in [4.78, 5) is 11.1. The van der Waals surface area contributed by atoms with Crippen LogP contribution in [0.15, 0.2) is 0 Å². The Hall–Kier alpha value is -0.410. The van der Waals surface area contributed by atoms with Gasteiger partial charge in [-0.2, -0.15) is 0 Å². The van der Waals surface area contributed by atoms with E-state index in [0.29, 0.717) is 19.4 Å². The predicted octanol–water partition coefficient (Wildman–Crippen LogP) is 1.94. The van der Waals surface area contributed by atoms with Crippen molar-refractivity contribution < 1.29 is 14.3 Å². The Kier molecular flexibility index (Phi) is 3.32. The monoisotopic (exact) mass is 200 g/mol. The maximum atomic E-state index is 11.1. The van der Waals surface area contributed by atoms with Gasteiger partial charge in [0.05, 0.1) is 18.3 Å². The van der Waals surface area contributed by atoms with Crippen LogP contribution in [0.2, 0.25) is 0 Å². The molecule has 1 saturated heterocycles. The van der Waals surface area contributed by atoms with Crippen molar-refractivity contribution in [3.8, 4) is 0 Å². The summed E-state index contributed by atoms with van der Waals surface area (Å²) in [6.07, 6.45) is 2.32. The maximum absolute atomic E-state index is 11.1. The zero-order valence-electron chi connectivity index (χ0n) is 9.50. The fourth-order valence-electron chi connectivity index (χ4n) is 2.06. The van der Waals surface area contributed by atoms with Crippen LogP contribution in [0.4, 0.5) is 0 Å². The second kappa shape index (κ2) is 3.99. The van der Waals surface area contributed by atoms with Crippen LogP contribution in [0.5, 0.6) is 0 Å². The van der Waals surface area contributed by atoms with Crippen molar-refractivity contribution in [1.82, 2.24) is 0 Å². The summed E-state index contributed by atoms with van der Waals surface area (Å²) in [5.74, 6) is 0. The largest absolute Gasteiger partial charge is 0.375 e. The molecule has 0 N–H and O–H groups in total. The van der Waals surface area contributed by atoms with Crippen LogP contribution >= 0.6 is 0 Å². The lowest BCUT2D eigenvalue weighted by Gasteiger charge is -2.42.